The molecule has 1 amide bonds. The first-order valence-corrected chi connectivity index (χ1v) is 11.3. The van der Waals surface area contributed by atoms with E-state index >= 15 is 0 Å². The third kappa shape index (κ3) is 4.63. The zero-order chi connectivity index (χ0) is 22.7. The number of hydrogen-bond donors (Lipinski definition) is 0. The maximum atomic E-state index is 13.5. The van der Waals surface area contributed by atoms with Gasteiger partial charge in [0, 0.05) is 5.02 Å². The van der Waals surface area contributed by atoms with E-state index in [1.165, 1.54) is 18.4 Å². The molecule has 1 aromatic heterocycles. The maximum Gasteiger partial charge on any atom is 0.325 e. The Morgan fingerprint density at radius 2 is 1.59 bits per heavy atom. The molecule has 0 bridgehead atoms. The second-order valence-electron chi connectivity index (χ2n) is 6.99. The fourth-order valence-electron chi connectivity index (χ4n) is 3.48. The largest absolute Gasteiger partial charge is 0.468 e. The lowest BCUT2D eigenvalue weighted by molar-refractivity contribution is -0.141. The van der Waals surface area contributed by atoms with Crippen LogP contribution in [0.5, 0.6) is 0 Å². The first-order chi connectivity index (χ1) is 15.5. The van der Waals surface area contributed by atoms with Crippen LogP contribution >= 0.6 is 34.5 Å². The molecule has 0 aliphatic carbocycles. The van der Waals surface area contributed by atoms with Crippen molar-refractivity contribution >= 4 is 56.6 Å². The van der Waals surface area contributed by atoms with Crippen molar-refractivity contribution in [1.29, 1.82) is 0 Å². The summed E-state index contributed by atoms with van der Waals surface area (Å²) in [7, 11) is 1.30. The maximum absolute atomic E-state index is 13.5. The Morgan fingerprint density at radius 3 is 2.16 bits per heavy atom. The van der Waals surface area contributed by atoms with Crippen LogP contribution in [0, 0.1) is 0 Å². The molecule has 0 saturated heterocycles. The third-order valence-corrected chi connectivity index (χ3v) is 6.46. The van der Waals surface area contributed by atoms with Crippen molar-refractivity contribution in [1.82, 2.24) is 4.57 Å². The molecule has 32 heavy (non-hydrogen) atoms. The molecule has 0 fully saturated rings. The summed E-state index contributed by atoms with van der Waals surface area (Å²) in [6.07, 6.45) is 0. The number of esters is 1. The van der Waals surface area contributed by atoms with Crippen LogP contribution in [-0.4, -0.2) is 23.6 Å². The highest BCUT2D eigenvalue weighted by Crippen LogP contribution is 2.30. The highest BCUT2D eigenvalue weighted by Gasteiger charge is 2.23. The van der Waals surface area contributed by atoms with Crippen LogP contribution in [0.15, 0.2) is 77.8 Å². The number of amides is 1. The number of ether oxygens (including phenoxy) is 1. The summed E-state index contributed by atoms with van der Waals surface area (Å²) in [6, 6.07) is 22.3. The Hall–Kier alpha value is -2.93. The minimum absolute atomic E-state index is 0.134. The van der Waals surface area contributed by atoms with Gasteiger partial charge in [-0.25, -0.2) is 0 Å². The standard InChI is InChI=1S/C24H18Cl2N2O3S/c1-31-20(29)14-28-22-18(26)12-17(25)13-19(22)32-24(28)27-23(30)21(15-8-4-2-5-9-15)16-10-6-3-7-11-16/h2-13,21H,14H2,1H3. The van der Waals surface area contributed by atoms with Crippen LogP contribution < -0.4 is 4.80 Å². The number of nitrogens with zero attached hydrogens (tertiary/aromatic N) is 2. The van der Waals surface area contributed by atoms with E-state index in [0.717, 1.165) is 11.1 Å². The van der Waals surface area contributed by atoms with Gasteiger partial charge in [0.2, 0.25) is 0 Å². The molecular formula is C24H18Cl2N2O3S. The molecule has 4 rings (SSSR count). The van der Waals surface area contributed by atoms with Crippen molar-refractivity contribution in [3.63, 3.8) is 0 Å². The number of halogens is 2. The summed E-state index contributed by atoms with van der Waals surface area (Å²) in [5.74, 6) is -1.42. The van der Waals surface area contributed by atoms with Crippen LogP contribution in [0.1, 0.15) is 17.0 Å². The molecule has 0 saturated carbocycles. The van der Waals surface area contributed by atoms with Gasteiger partial charge in [-0.05, 0) is 23.3 Å². The van der Waals surface area contributed by atoms with Gasteiger partial charge in [0.25, 0.3) is 5.91 Å². The lowest BCUT2D eigenvalue weighted by Crippen LogP contribution is -2.24. The minimum Gasteiger partial charge on any atom is -0.468 e. The van der Waals surface area contributed by atoms with E-state index in [-0.39, 0.29) is 12.5 Å². The van der Waals surface area contributed by atoms with Crippen molar-refractivity contribution in [2.45, 2.75) is 12.5 Å². The molecule has 8 heteroatoms. The van der Waals surface area contributed by atoms with Gasteiger partial charge in [0.05, 0.1) is 28.3 Å². The van der Waals surface area contributed by atoms with Crippen LogP contribution in [0.4, 0.5) is 0 Å². The number of rotatable bonds is 5. The zero-order valence-electron chi connectivity index (χ0n) is 17.0. The Kier molecular flexibility index (Phi) is 6.74. The normalized spacial score (nSPS) is 11.8. The van der Waals surface area contributed by atoms with Gasteiger partial charge in [0.1, 0.15) is 6.54 Å². The average Bonchev–Trinajstić information content (AvgIpc) is 3.11. The van der Waals surface area contributed by atoms with Gasteiger partial charge in [-0.15, -0.1) is 0 Å². The monoisotopic (exact) mass is 484 g/mol. The third-order valence-electron chi connectivity index (χ3n) is 4.93. The second kappa shape index (κ2) is 9.69. The molecule has 0 spiro atoms. The predicted molar refractivity (Wildman–Crippen MR) is 127 cm³/mol. The van der Waals surface area contributed by atoms with E-state index in [1.54, 1.807) is 16.7 Å². The summed E-state index contributed by atoms with van der Waals surface area (Å²) < 4.78 is 7.14. The van der Waals surface area contributed by atoms with Crippen LogP contribution in [0.25, 0.3) is 10.2 Å². The second-order valence-corrected chi connectivity index (χ2v) is 8.84. The van der Waals surface area contributed by atoms with E-state index in [0.29, 0.717) is 25.1 Å². The molecule has 0 radical (unpaired) electrons. The fourth-order valence-corrected chi connectivity index (χ4v) is 5.30. The zero-order valence-corrected chi connectivity index (χ0v) is 19.3. The smallest absolute Gasteiger partial charge is 0.325 e. The highest BCUT2D eigenvalue weighted by atomic mass is 35.5. The van der Waals surface area contributed by atoms with E-state index in [4.69, 9.17) is 27.9 Å². The minimum atomic E-state index is -0.590. The number of fused-ring (bicyclic) bond motifs is 1. The number of thiazole rings is 1. The number of carbonyl (C=O) groups excluding carboxylic acids is 2. The summed E-state index contributed by atoms with van der Waals surface area (Å²) in [4.78, 5) is 30.4. The van der Waals surface area contributed by atoms with E-state index < -0.39 is 11.9 Å². The molecule has 1 heterocycles. The molecule has 0 unspecified atom stereocenters. The van der Waals surface area contributed by atoms with Crippen molar-refractivity contribution in [2.24, 2.45) is 4.99 Å². The van der Waals surface area contributed by atoms with E-state index in [2.05, 4.69) is 4.99 Å². The van der Waals surface area contributed by atoms with Gasteiger partial charge in [-0.1, -0.05) is 95.2 Å². The average molecular weight is 485 g/mol. The molecule has 0 atom stereocenters. The lowest BCUT2D eigenvalue weighted by Gasteiger charge is -2.14. The number of hydrogen-bond acceptors (Lipinski definition) is 4. The highest BCUT2D eigenvalue weighted by molar-refractivity contribution is 7.16. The van der Waals surface area contributed by atoms with Crippen molar-refractivity contribution in [2.75, 3.05) is 7.11 Å². The van der Waals surface area contributed by atoms with Crippen molar-refractivity contribution in [3.8, 4) is 0 Å². The Balaban J connectivity index is 1.90. The van der Waals surface area contributed by atoms with Crippen LogP contribution in [0.3, 0.4) is 0 Å². The molecule has 162 valence electrons. The fraction of sp³-hybridized carbons (Fsp3) is 0.125. The first kappa shape index (κ1) is 22.3. The Labute approximate surface area is 198 Å². The van der Waals surface area contributed by atoms with Gasteiger partial charge in [-0.3, -0.25) is 9.59 Å². The Bertz CT molecular complexity index is 1310. The molecule has 0 aliphatic rings. The SMILES string of the molecule is COC(=O)Cn1c(=NC(=O)C(c2ccccc2)c2ccccc2)sc2cc(Cl)cc(Cl)c21. The number of aromatic nitrogens is 1. The topological polar surface area (TPSA) is 60.7 Å². The summed E-state index contributed by atoms with van der Waals surface area (Å²) in [5.41, 5.74) is 2.23. The molecule has 5 nitrogen and oxygen atoms in total. The lowest BCUT2D eigenvalue weighted by atomic mass is 9.91. The quantitative estimate of drug-likeness (QED) is 0.354. The first-order valence-electron chi connectivity index (χ1n) is 9.71. The van der Waals surface area contributed by atoms with Crippen LogP contribution in [-0.2, 0) is 20.9 Å². The predicted octanol–water partition coefficient (Wildman–Crippen LogP) is 5.44. The summed E-state index contributed by atoms with van der Waals surface area (Å²) in [5, 5.41) is 0.822. The Morgan fingerprint density at radius 1 is 1.00 bits per heavy atom. The number of benzene rings is 3. The van der Waals surface area contributed by atoms with Gasteiger partial charge in [0.15, 0.2) is 4.80 Å². The van der Waals surface area contributed by atoms with Gasteiger partial charge in [-0.2, -0.15) is 4.99 Å². The van der Waals surface area contributed by atoms with E-state index in [1.807, 2.05) is 60.7 Å². The molecule has 4 aromatic rings. The number of carbonyl (C=O) groups is 2. The summed E-state index contributed by atoms with van der Waals surface area (Å²) in [6.45, 7) is -0.134. The molecule has 3 aromatic carbocycles. The van der Waals surface area contributed by atoms with E-state index in [9.17, 15) is 9.59 Å². The molecular weight excluding hydrogens is 467 g/mol. The molecule has 0 N–H and O–H groups in total. The van der Waals surface area contributed by atoms with Gasteiger partial charge >= 0.3 is 5.97 Å². The van der Waals surface area contributed by atoms with Crippen molar-refractivity contribution < 1.29 is 14.3 Å². The summed E-state index contributed by atoms with van der Waals surface area (Å²) >= 11 is 13.8. The van der Waals surface area contributed by atoms with Crippen LogP contribution in [0.2, 0.25) is 10.0 Å². The van der Waals surface area contributed by atoms with Crippen molar-refractivity contribution in [3.05, 3.63) is 98.8 Å². The number of methoxy groups -OCH3 is 1. The van der Waals surface area contributed by atoms with Gasteiger partial charge < -0.3 is 9.30 Å². The molecule has 0 aliphatic heterocycles.